The zero-order valence-electron chi connectivity index (χ0n) is 29.9. The summed E-state index contributed by atoms with van der Waals surface area (Å²) in [5.41, 5.74) is 4.66. The number of phenolic OH excluding ortho intramolecular Hbond substituents is 1. The van der Waals surface area contributed by atoms with Crippen LogP contribution in [0.5, 0.6) is 5.75 Å². The third-order valence-corrected chi connectivity index (χ3v) is 10.5. The van der Waals surface area contributed by atoms with Crippen LogP contribution in [0.25, 0.3) is 57.7 Å². The molecule has 0 aromatic heterocycles. The average Bonchev–Trinajstić information content (AvgIpc) is 3.16. The van der Waals surface area contributed by atoms with Crippen molar-refractivity contribution in [3.05, 3.63) is 134 Å². The van der Waals surface area contributed by atoms with Crippen LogP contribution in [0.3, 0.4) is 0 Å². The predicted molar refractivity (Wildman–Crippen MR) is 219 cm³/mol. The van der Waals surface area contributed by atoms with Crippen molar-refractivity contribution < 1.29 is 22.5 Å². The lowest BCUT2D eigenvalue weighted by molar-refractivity contribution is 0.474. The fourth-order valence-corrected chi connectivity index (χ4v) is 7.23. The van der Waals surface area contributed by atoms with Crippen molar-refractivity contribution in [2.75, 3.05) is 18.0 Å². The van der Waals surface area contributed by atoms with Gasteiger partial charge in [0.05, 0.1) is 5.02 Å². The number of fused-ring (bicyclic) bond motifs is 2. The van der Waals surface area contributed by atoms with Crippen molar-refractivity contribution in [3.63, 3.8) is 0 Å². The molecule has 10 heteroatoms. The molecule has 0 fully saturated rings. The van der Waals surface area contributed by atoms with Crippen LogP contribution in [-0.4, -0.2) is 31.2 Å². The molecule has 1 heterocycles. The number of phenols is 1. The molecule has 54 heavy (non-hydrogen) atoms. The highest BCUT2D eigenvalue weighted by Gasteiger charge is 2.26. The van der Waals surface area contributed by atoms with Gasteiger partial charge >= 0.3 is 0 Å². The normalized spacial score (nSPS) is 11.9. The maximum Gasteiger partial charge on any atom is 0.295 e. The number of unbranched alkanes of at least 4 members (excludes halogenated alkanes) is 2. The molecule has 8 nitrogen and oxygen atoms in total. The van der Waals surface area contributed by atoms with E-state index in [1.165, 1.54) is 61.7 Å². The van der Waals surface area contributed by atoms with Crippen molar-refractivity contribution in [2.45, 2.75) is 44.4 Å². The Bertz CT molecular complexity index is 2540. The summed E-state index contributed by atoms with van der Waals surface area (Å²) >= 11 is 6.26. The van der Waals surface area contributed by atoms with Gasteiger partial charge in [0.2, 0.25) is 0 Å². The first-order chi connectivity index (χ1) is 26.0. The first-order valence-electron chi connectivity index (χ1n) is 17.8. The van der Waals surface area contributed by atoms with Crippen molar-refractivity contribution in [3.8, 4) is 34.3 Å². The van der Waals surface area contributed by atoms with Gasteiger partial charge in [-0.1, -0.05) is 111 Å². The molecular weight excluding hydrogens is 720 g/mol. The van der Waals surface area contributed by atoms with Gasteiger partial charge in [0.1, 0.15) is 33.6 Å². The first-order valence-corrected chi connectivity index (χ1v) is 19.6. The standard InChI is InChI=1S/C44H39ClN2O6S/c1-3-5-21-47(22-6-4-2)34-18-15-31(16-19-34)12-11-29-7-9-30(10-8-29)13-14-32-17-20-35(43(23-32)54(50,51)52)44-36-24-33(28-46)39(48)26-41(36)53-42-27-40(49)38(45)25-37(42)44/h7-20,23-27,49H,3-6,21-22H2,1-2H3,(H,50,51,52)/b12-11+,14-13+. The highest BCUT2D eigenvalue weighted by molar-refractivity contribution is 7.86. The number of hydrogen-bond acceptors (Lipinski definition) is 7. The minimum atomic E-state index is -4.80. The molecule has 0 amide bonds. The van der Waals surface area contributed by atoms with Gasteiger partial charge in [-0.2, -0.15) is 13.7 Å². The highest BCUT2D eigenvalue weighted by Crippen LogP contribution is 2.45. The van der Waals surface area contributed by atoms with E-state index in [2.05, 4.69) is 55.2 Å². The van der Waals surface area contributed by atoms with Crippen LogP contribution < -0.4 is 10.3 Å². The van der Waals surface area contributed by atoms with Gasteiger partial charge in [-0.25, -0.2) is 0 Å². The molecule has 4 aromatic rings. The summed E-state index contributed by atoms with van der Waals surface area (Å²) in [5, 5.41) is 20.1. The molecule has 6 rings (SSSR count). The number of halogens is 1. The summed E-state index contributed by atoms with van der Waals surface area (Å²) < 4.78 is 42.1. The van der Waals surface area contributed by atoms with Crippen LogP contribution in [0.2, 0.25) is 5.02 Å². The lowest BCUT2D eigenvalue weighted by atomic mass is 9.92. The summed E-state index contributed by atoms with van der Waals surface area (Å²) in [6, 6.07) is 28.1. The molecule has 0 radical (unpaired) electrons. The fraction of sp³-hybridized carbons (Fsp3) is 0.182. The van der Waals surface area contributed by atoms with Crippen LogP contribution >= 0.6 is 11.6 Å². The van der Waals surface area contributed by atoms with Crippen LogP contribution in [0.15, 0.2) is 105 Å². The van der Waals surface area contributed by atoms with Gasteiger partial charge in [-0.05, 0) is 65.4 Å². The Morgan fingerprint density at radius 1 is 0.778 bits per heavy atom. The van der Waals surface area contributed by atoms with Crippen LogP contribution in [0.1, 0.15) is 67.3 Å². The number of rotatable bonds is 13. The zero-order chi connectivity index (χ0) is 38.4. The average molecular weight is 759 g/mol. The largest absolute Gasteiger partial charge is 0.506 e. The Kier molecular flexibility index (Phi) is 11.7. The minimum Gasteiger partial charge on any atom is -0.506 e. The van der Waals surface area contributed by atoms with Gasteiger partial charge in [0.25, 0.3) is 10.1 Å². The number of hydrogen-bond donors (Lipinski definition) is 2. The smallest absolute Gasteiger partial charge is 0.295 e. The Hall–Kier alpha value is -5.66. The van der Waals surface area contributed by atoms with E-state index >= 15 is 0 Å². The molecule has 0 saturated heterocycles. The lowest BCUT2D eigenvalue weighted by Gasteiger charge is -2.24. The van der Waals surface area contributed by atoms with E-state index in [0.717, 1.165) is 35.8 Å². The van der Waals surface area contributed by atoms with Gasteiger partial charge in [-0.3, -0.25) is 9.35 Å². The SMILES string of the molecule is CCCCN(CCCC)c1ccc(/C=C/c2ccc(/C=C/c3ccc(-c4c5cc(C#N)c(=O)cc-5oc5cc(O)c(Cl)cc45)c(S(=O)(=O)O)c3)cc2)cc1. The lowest BCUT2D eigenvalue weighted by Crippen LogP contribution is -2.25. The van der Waals surface area contributed by atoms with Crippen molar-refractivity contribution in [2.24, 2.45) is 0 Å². The van der Waals surface area contributed by atoms with E-state index in [9.17, 15) is 28.1 Å². The van der Waals surface area contributed by atoms with Gasteiger partial charge in [-0.15, -0.1) is 0 Å². The van der Waals surface area contributed by atoms with E-state index in [0.29, 0.717) is 10.9 Å². The molecule has 0 saturated carbocycles. The number of benzene rings is 5. The molecule has 0 unspecified atom stereocenters. The second-order valence-electron chi connectivity index (χ2n) is 13.1. The van der Waals surface area contributed by atoms with Crippen molar-refractivity contribution in [1.29, 1.82) is 5.26 Å². The van der Waals surface area contributed by atoms with Crippen molar-refractivity contribution in [1.82, 2.24) is 0 Å². The Balaban J connectivity index is 1.27. The summed E-state index contributed by atoms with van der Waals surface area (Å²) in [6.07, 6.45) is 12.4. The maximum atomic E-state index is 12.9. The van der Waals surface area contributed by atoms with Crippen LogP contribution in [0.4, 0.5) is 5.69 Å². The molecule has 2 aliphatic rings. The third kappa shape index (κ3) is 8.58. The topological polar surface area (TPSA) is 132 Å². The molecule has 274 valence electrons. The molecule has 0 bridgehead atoms. The van der Waals surface area contributed by atoms with E-state index in [1.54, 1.807) is 12.1 Å². The van der Waals surface area contributed by atoms with Crippen molar-refractivity contribution >= 4 is 62.7 Å². The fourth-order valence-electron chi connectivity index (χ4n) is 6.33. The molecule has 4 aromatic carbocycles. The molecule has 1 aliphatic carbocycles. The summed E-state index contributed by atoms with van der Waals surface area (Å²) in [4.78, 5) is 14.6. The second-order valence-corrected chi connectivity index (χ2v) is 14.9. The molecule has 0 spiro atoms. The highest BCUT2D eigenvalue weighted by atomic mass is 35.5. The minimum absolute atomic E-state index is 0.0326. The molecule has 0 atom stereocenters. The predicted octanol–water partition coefficient (Wildman–Crippen LogP) is 10.8. The van der Waals surface area contributed by atoms with Gasteiger partial charge in [0, 0.05) is 53.0 Å². The third-order valence-electron chi connectivity index (χ3n) is 9.26. The summed E-state index contributed by atoms with van der Waals surface area (Å²) in [7, 11) is -4.80. The molecule has 1 aliphatic heterocycles. The Labute approximate surface area is 320 Å². The zero-order valence-corrected chi connectivity index (χ0v) is 31.5. The van der Waals surface area contributed by atoms with E-state index in [4.69, 9.17) is 16.0 Å². The number of nitrogens with zero attached hydrogens (tertiary/aromatic N) is 2. The Morgan fingerprint density at radius 3 is 1.89 bits per heavy atom. The van der Waals surface area contributed by atoms with Gasteiger partial charge in [0.15, 0.2) is 5.43 Å². The first kappa shape index (κ1) is 38.1. The quantitative estimate of drug-likeness (QED) is 0.0676. The molecular formula is C44H39ClN2O6S. The van der Waals surface area contributed by atoms with E-state index < -0.39 is 20.4 Å². The van der Waals surface area contributed by atoms with E-state index in [1.807, 2.05) is 36.4 Å². The maximum absolute atomic E-state index is 12.9. The van der Waals surface area contributed by atoms with Crippen LogP contribution in [0, 0.1) is 11.3 Å². The second kappa shape index (κ2) is 16.6. The summed E-state index contributed by atoms with van der Waals surface area (Å²) in [5.74, 6) is -0.234. The number of nitriles is 1. The van der Waals surface area contributed by atoms with E-state index in [-0.39, 0.29) is 44.4 Å². The summed E-state index contributed by atoms with van der Waals surface area (Å²) in [6.45, 7) is 6.57. The number of aromatic hydroxyl groups is 1. The molecule has 2 N–H and O–H groups in total. The van der Waals surface area contributed by atoms with Gasteiger partial charge < -0.3 is 14.4 Å². The number of anilines is 1. The monoisotopic (exact) mass is 758 g/mol. The Morgan fingerprint density at radius 2 is 1.33 bits per heavy atom. The van der Waals surface area contributed by atoms with Crippen LogP contribution in [-0.2, 0) is 10.1 Å².